The van der Waals surface area contributed by atoms with Crippen molar-refractivity contribution in [1.82, 2.24) is 10.2 Å². The molecule has 0 radical (unpaired) electrons. The smallest absolute Gasteiger partial charge is 0.231 e. The van der Waals surface area contributed by atoms with E-state index in [-0.39, 0.29) is 5.91 Å². The van der Waals surface area contributed by atoms with E-state index in [9.17, 15) is 4.79 Å². The average Bonchev–Trinajstić information content (AvgIpc) is 2.47. The van der Waals surface area contributed by atoms with E-state index in [0.717, 1.165) is 36.2 Å². The average molecular weight is 356 g/mol. The molecule has 1 fully saturated rings. The van der Waals surface area contributed by atoms with Gasteiger partial charge in [-0.1, -0.05) is 22.0 Å². The normalized spacial score (nSPS) is 16.1. The Labute approximate surface area is 134 Å². The van der Waals surface area contributed by atoms with Crippen molar-refractivity contribution >= 4 is 21.8 Å². The zero-order chi connectivity index (χ0) is 15.1. The summed E-state index contributed by atoms with van der Waals surface area (Å²) in [5.74, 6) is 0.546. The summed E-state index contributed by atoms with van der Waals surface area (Å²) >= 11 is 3.42. The minimum absolute atomic E-state index is 0.281. The van der Waals surface area contributed by atoms with Gasteiger partial charge in [0.15, 0.2) is 0 Å². The quantitative estimate of drug-likeness (QED) is 0.774. The Bertz CT molecular complexity index is 464. The zero-order valence-corrected chi connectivity index (χ0v) is 13.6. The first-order valence-corrected chi connectivity index (χ1v) is 8.06. The molecule has 1 aliphatic rings. The first kappa shape index (κ1) is 16.3. The lowest BCUT2D eigenvalue weighted by Crippen LogP contribution is -2.47. The van der Waals surface area contributed by atoms with Crippen molar-refractivity contribution in [3.63, 3.8) is 0 Å². The highest BCUT2D eigenvalue weighted by molar-refractivity contribution is 9.10. The summed E-state index contributed by atoms with van der Waals surface area (Å²) in [4.78, 5) is 13.4. The molecule has 0 aromatic heterocycles. The first-order valence-electron chi connectivity index (χ1n) is 7.26. The van der Waals surface area contributed by atoms with E-state index in [2.05, 4.69) is 26.1 Å². The van der Waals surface area contributed by atoms with Crippen LogP contribution in [0.25, 0.3) is 0 Å². The highest BCUT2D eigenvalue weighted by Crippen LogP contribution is 2.18. The van der Waals surface area contributed by atoms with Crippen LogP contribution in [0, 0.1) is 0 Å². The zero-order valence-electron chi connectivity index (χ0n) is 12.1. The Morgan fingerprint density at radius 1 is 1.43 bits per heavy atom. The molecule has 6 heteroatoms. The summed E-state index contributed by atoms with van der Waals surface area (Å²) in [6.07, 6.45) is 2.09. The topological polar surface area (TPSA) is 67.6 Å². The maximum atomic E-state index is 11.2. The van der Waals surface area contributed by atoms with Gasteiger partial charge in [0, 0.05) is 17.1 Å². The largest absolute Gasteiger partial charge is 0.492 e. The van der Waals surface area contributed by atoms with Crippen LogP contribution in [0.15, 0.2) is 28.7 Å². The van der Waals surface area contributed by atoms with Crippen LogP contribution in [0.5, 0.6) is 5.75 Å². The molecule has 1 aromatic rings. The lowest BCUT2D eigenvalue weighted by atomic mass is 10.0. The molecule has 1 amide bonds. The highest BCUT2D eigenvalue weighted by Gasteiger charge is 2.22. The second kappa shape index (κ2) is 8.36. The maximum Gasteiger partial charge on any atom is 0.231 e. The number of carbonyl (C=O) groups is 1. The molecule has 0 atom stereocenters. The Morgan fingerprint density at radius 2 is 2.19 bits per heavy atom. The molecule has 1 aliphatic heterocycles. The molecular formula is C15H22BrN3O2. The third kappa shape index (κ3) is 5.65. The van der Waals surface area contributed by atoms with Gasteiger partial charge in [-0.3, -0.25) is 9.69 Å². The van der Waals surface area contributed by atoms with E-state index in [1.165, 1.54) is 0 Å². The molecule has 1 saturated heterocycles. The molecule has 116 valence electrons. The number of carbonyl (C=O) groups excluding carboxylic acids is 1. The van der Waals surface area contributed by atoms with Gasteiger partial charge in [0.25, 0.3) is 0 Å². The number of hydrogen-bond acceptors (Lipinski definition) is 4. The lowest BCUT2D eigenvalue weighted by Gasteiger charge is -2.33. The monoisotopic (exact) mass is 355 g/mol. The SMILES string of the molecule is NC(=O)CN(CCOc1cccc(Br)c1)C1CCNCC1. The number of ether oxygens (including phenoxy) is 1. The maximum absolute atomic E-state index is 11.2. The van der Waals surface area contributed by atoms with Crippen molar-refractivity contribution in [3.05, 3.63) is 28.7 Å². The number of hydrogen-bond donors (Lipinski definition) is 2. The summed E-state index contributed by atoms with van der Waals surface area (Å²) < 4.78 is 6.74. The van der Waals surface area contributed by atoms with E-state index in [4.69, 9.17) is 10.5 Å². The van der Waals surface area contributed by atoms with Gasteiger partial charge in [-0.2, -0.15) is 0 Å². The number of benzene rings is 1. The highest BCUT2D eigenvalue weighted by atomic mass is 79.9. The van der Waals surface area contributed by atoms with Gasteiger partial charge in [0.05, 0.1) is 6.54 Å². The lowest BCUT2D eigenvalue weighted by molar-refractivity contribution is -0.119. The predicted octanol–water partition coefficient (Wildman–Crippen LogP) is 1.37. The van der Waals surface area contributed by atoms with Crippen LogP contribution < -0.4 is 15.8 Å². The van der Waals surface area contributed by atoms with E-state index in [0.29, 0.717) is 25.7 Å². The van der Waals surface area contributed by atoms with Crippen LogP contribution in [0.4, 0.5) is 0 Å². The fourth-order valence-electron chi connectivity index (χ4n) is 2.60. The van der Waals surface area contributed by atoms with Gasteiger partial charge in [-0.05, 0) is 44.1 Å². The molecule has 0 saturated carbocycles. The summed E-state index contributed by atoms with van der Waals surface area (Å²) in [5.41, 5.74) is 5.36. The molecule has 0 unspecified atom stereocenters. The number of nitrogens with two attached hydrogens (primary N) is 1. The van der Waals surface area contributed by atoms with Gasteiger partial charge < -0.3 is 15.8 Å². The van der Waals surface area contributed by atoms with E-state index >= 15 is 0 Å². The van der Waals surface area contributed by atoms with Crippen molar-refractivity contribution in [1.29, 1.82) is 0 Å². The van der Waals surface area contributed by atoms with Gasteiger partial charge in [-0.25, -0.2) is 0 Å². The molecule has 0 bridgehead atoms. The molecule has 2 rings (SSSR count). The van der Waals surface area contributed by atoms with Gasteiger partial charge >= 0.3 is 0 Å². The second-order valence-electron chi connectivity index (χ2n) is 5.22. The summed E-state index contributed by atoms with van der Waals surface area (Å²) in [6.45, 7) is 3.54. The number of piperidine rings is 1. The Balaban J connectivity index is 1.84. The summed E-state index contributed by atoms with van der Waals surface area (Å²) in [7, 11) is 0. The number of nitrogens with one attached hydrogen (secondary N) is 1. The van der Waals surface area contributed by atoms with Crippen LogP contribution >= 0.6 is 15.9 Å². The second-order valence-corrected chi connectivity index (χ2v) is 6.14. The number of nitrogens with zero attached hydrogens (tertiary/aromatic N) is 1. The van der Waals surface area contributed by atoms with Crippen LogP contribution in [0.2, 0.25) is 0 Å². The van der Waals surface area contributed by atoms with Crippen molar-refractivity contribution in [2.45, 2.75) is 18.9 Å². The molecule has 0 spiro atoms. The molecule has 1 heterocycles. The van der Waals surface area contributed by atoms with E-state index in [1.54, 1.807) is 0 Å². The minimum atomic E-state index is -0.281. The number of amides is 1. The van der Waals surface area contributed by atoms with Crippen molar-refractivity contribution in [3.8, 4) is 5.75 Å². The molecule has 3 N–H and O–H groups in total. The van der Waals surface area contributed by atoms with Crippen molar-refractivity contribution < 1.29 is 9.53 Å². The van der Waals surface area contributed by atoms with Crippen LogP contribution in [0.1, 0.15) is 12.8 Å². The van der Waals surface area contributed by atoms with Crippen LogP contribution in [-0.4, -0.2) is 49.6 Å². The van der Waals surface area contributed by atoms with Gasteiger partial charge in [-0.15, -0.1) is 0 Å². The number of halogens is 1. The van der Waals surface area contributed by atoms with Crippen molar-refractivity contribution in [2.75, 3.05) is 32.8 Å². The fraction of sp³-hybridized carbons (Fsp3) is 0.533. The van der Waals surface area contributed by atoms with E-state index in [1.807, 2.05) is 24.3 Å². The van der Waals surface area contributed by atoms with Crippen LogP contribution in [0.3, 0.4) is 0 Å². The Morgan fingerprint density at radius 3 is 2.86 bits per heavy atom. The summed E-state index contributed by atoms with van der Waals surface area (Å²) in [5, 5.41) is 3.33. The minimum Gasteiger partial charge on any atom is -0.492 e. The molecule has 5 nitrogen and oxygen atoms in total. The van der Waals surface area contributed by atoms with Crippen LogP contribution in [-0.2, 0) is 4.79 Å². The standard InChI is InChI=1S/C15H22BrN3O2/c16-12-2-1-3-14(10-12)21-9-8-19(11-15(17)20)13-4-6-18-7-5-13/h1-3,10,13,18H,4-9,11H2,(H2,17,20). The Kier molecular flexibility index (Phi) is 6.48. The number of primary amides is 1. The Hall–Kier alpha value is -1.11. The molecule has 1 aromatic carbocycles. The first-order chi connectivity index (χ1) is 10.1. The number of rotatable bonds is 7. The fourth-order valence-corrected chi connectivity index (χ4v) is 2.98. The van der Waals surface area contributed by atoms with Gasteiger partial charge in [0.2, 0.25) is 5.91 Å². The third-order valence-electron chi connectivity index (χ3n) is 3.63. The third-order valence-corrected chi connectivity index (χ3v) is 4.12. The predicted molar refractivity (Wildman–Crippen MR) is 86.3 cm³/mol. The van der Waals surface area contributed by atoms with E-state index < -0.39 is 0 Å². The molecule has 0 aliphatic carbocycles. The molecule has 21 heavy (non-hydrogen) atoms. The molecular weight excluding hydrogens is 334 g/mol. The van der Waals surface area contributed by atoms with Gasteiger partial charge in [0.1, 0.15) is 12.4 Å². The van der Waals surface area contributed by atoms with Crippen molar-refractivity contribution in [2.24, 2.45) is 5.73 Å². The summed E-state index contributed by atoms with van der Waals surface area (Å²) in [6, 6.07) is 8.16.